The number of nitrogens with zero attached hydrogens (tertiary/aromatic N) is 2. The van der Waals surface area contributed by atoms with E-state index in [1.165, 1.54) is 0 Å². The number of likely N-dealkylation sites (tertiary alicyclic amines) is 1. The largest absolute Gasteiger partial charge is 0.369 e. The zero-order chi connectivity index (χ0) is 12.9. The summed E-state index contributed by atoms with van der Waals surface area (Å²) in [6.07, 6.45) is 5.11. The van der Waals surface area contributed by atoms with E-state index >= 15 is 0 Å². The van der Waals surface area contributed by atoms with Crippen LogP contribution in [0.4, 0.5) is 0 Å². The van der Waals surface area contributed by atoms with Gasteiger partial charge in [0, 0.05) is 24.2 Å². The van der Waals surface area contributed by atoms with Crippen molar-refractivity contribution in [3.63, 3.8) is 0 Å². The molecule has 0 unspecified atom stereocenters. The van der Waals surface area contributed by atoms with E-state index in [1.807, 2.05) is 13.0 Å². The van der Waals surface area contributed by atoms with Gasteiger partial charge < -0.3 is 5.32 Å². The highest BCUT2D eigenvalue weighted by Gasteiger charge is 2.52. The van der Waals surface area contributed by atoms with Crippen LogP contribution in [0.25, 0.3) is 0 Å². The highest BCUT2D eigenvalue weighted by Crippen LogP contribution is 2.49. The van der Waals surface area contributed by atoms with Crippen molar-refractivity contribution in [3.8, 4) is 0 Å². The molecule has 3 aliphatic rings. The third kappa shape index (κ3) is 1.42. The molecular formula is C14H19N3O. The molecule has 18 heavy (non-hydrogen) atoms. The highest BCUT2D eigenvalue weighted by molar-refractivity contribution is 6.49. The van der Waals surface area contributed by atoms with Gasteiger partial charge in [-0.3, -0.25) is 14.7 Å². The Morgan fingerprint density at radius 1 is 1.56 bits per heavy atom. The average molecular weight is 245 g/mol. The van der Waals surface area contributed by atoms with Crippen molar-refractivity contribution in [2.75, 3.05) is 20.1 Å². The molecule has 2 atom stereocenters. The van der Waals surface area contributed by atoms with Crippen molar-refractivity contribution in [2.24, 2.45) is 10.4 Å². The summed E-state index contributed by atoms with van der Waals surface area (Å²) in [5.41, 5.74) is 2.89. The molecule has 0 amide bonds. The summed E-state index contributed by atoms with van der Waals surface area (Å²) >= 11 is 0. The van der Waals surface area contributed by atoms with E-state index in [9.17, 15) is 4.79 Å². The zero-order valence-corrected chi connectivity index (χ0v) is 11.2. The van der Waals surface area contributed by atoms with Crippen molar-refractivity contribution in [1.29, 1.82) is 0 Å². The maximum atomic E-state index is 12.0. The summed E-state index contributed by atoms with van der Waals surface area (Å²) in [6, 6.07) is 0. The van der Waals surface area contributed by atoms with Crippen molar-refractivity contribution >= 4 is 11.5 Å². The summed E-state index contributed by atoms with van der Waals surface area (Å²) in [5, 5.41) is 3.54. The Morgan fingerprint density at radius 2 is 2.33 bits per heavy atom. The Hall–Kier alpha value is -1.42. The summed E-state index contributed by atoms with van der Waals surface area (Å²) in [6.45, 7) is 5.91. The van der Waals surface area contributed by atoms with Gasteiger partial charge in [0.25, 0.3) is 0 Å². The quantitative estimate of drug-likeness (QED) is 0.704. The fourth-order valence-corrected chi connectivity index (χ4v) is 3.31. The third-order valence-corrected chi connectivity index (χ3v) is 4.36. The van der Waals surface area contributed by atoms with Crippen LogP contribution in [0.15, 0.2) is 28.4 Å². The maximum Gasteiger partial charge on any atom is 0.204 e. The second-order valence-corrected chi connectivity index (χ2v) is 5.53. The highest BCUT2D eigenvalue weighted by atomic mass is 16.1. The minimum Gasteiger partial charge on any atom is -0.369 e. The predicted molar refractivity (Wildman–Crippen MR) is 71.4 cm³/mol. The van der Waals surface area contributed by atoms with E-state index in [0.717, 1.165) is 24.2 Å². The Kier molecular flexibility index (Phi) is 2.45. The van der Waals surface area contributed by atoms with Gasteiger partial charge in [-0.25, -0.2) is 0 Å². The maximum absolute atomic E-state index is 12.0. The van der Waals surface area contributed by atoms with Gasteiger partial charge in [0.1, 0.15) is 5.71 Å². The van der Waals surface area contributed by atoms with Gasteiger partial charge in [0.2, 0.25) is 5.78 Å². The summed E-state index contributed by atoms with van der Waals surface area (Å²) in [5.74, 6) is 0.0498. The monoisotopic (exact) mass is 245 g/mol. The zero-order valence-electron chi connectivity index (χ0n) is 11.2. The molecule has 0 bridgehead atoms. The smallest absolute Gasteiger partial charge is 0.204 e. The van der Waals surface area contributed by atoms with Gasteiger partial charge in [0.15, 0.2) is 0 Å². The molecule has 2 fully saturated rings. The predicted octanol–water partition coefficient (Wildman–Crippen LogP) is 1.11. The molecule has 0 radical (unpaired) electrons. The van der Waals surface area contributed by atoms with Gasteiger partial charge in [-0.1, -0.05) is 6.92 Å². The van der Waals surface area contributed by atoms with E-state index in [-0.39, 0.29) is 11.2 Å². The Morgan fingerprint density at radius 3 is 3.06 bits per heavy atom. The van der Waals surface area contributed by atoms with Crippen molar-refractivity contribution in [2.45, 2.75) is 26.4 Å². The van der Waals surface area contributed by atoms with E-state index in [4.69, 9.17) is 0 Å². The number of carbonyl (C=O) groups is 1. The van der Waals surface area contributed by atoms with Crippen LogP contribution < -0.4 is 5.32 Å². The molecule has 0 aromatic carbocycles. The first-order chi connectivity index (χ1) is 8.56. The SMILES string of the molecule is CCN=C1C=C2N[C@H]3N(C)CC[C@@]3(C)C2=CC1=O. The molecule has 2 saturated heterocycles. The van der Waals surface area contributed by atoms with E-state index in [1.54, 1.807) is 6.08 Å². The number of hydrogen-bond acceptors (Lipinski definition) is 4. The molecule has 1 N–H and O–H groups in total. The van der Waals surface area contributed by atoms with Crippen molar-refractivity contribution in [1.82, 2.24) is 10.2 Å². The standard InChI is InChI=1S/C14H19N3O/c1-4-15-11-8-10-9(7-12(11)18)14(2)5-6-17(3)13(14)16-10/h7-8,13,16H,4-6H2,1-3H3/t13-,14-/m0/s1. The number of allylic oxidation sites excluding steroid dienone is 3. The molecule has 0 aromatic heterocycles. The van der Waals surface area contributed by atoms with E-state index < -0.39 is 0 Å². The van der Waals surface area contributed by atoms with Crippen LogP contribution in [0.2, 0.25) is 0 Å². The molecule has 0 spiro atoms. The van der Waals surface area contributed by atoms with Crippen LogP contribution in [-0.4, -0.2) is 42.7 Å². The normalized spacial score (nSPS) is 37.2. The topological polar surface area (TPSA) is 44.7 Å². The van der Waals surface area contributed by atoms with Gasteiger partial charge in [-0.2, -0.15) is 0 Å². The van der Waals surface area contributed by atoms with Gasteiger partial charge in [0.05, 0.1) is 6.17 Å². The van der Waals surface area contributed by atoms with Crippen LogP contribution in [0.1, 0.15) is 20.3 Å². The van der Waals surface area contributed by atoms with Gasteiger partial charge in [-0.15, -0.1) is 0 Å². The van der Waals surface area contributed by atoms with Gasteiger partial charge >= 0.3 is 0 Å². The number of aliphatic imine (C=N–C) groups is 1. The summed E-state index contributed by atoms with van der Waals surface area (Å²) < 4.78 is 0. The molecule has 4 heteroatoms. The third-order valence-electron chi connectivity index (χ3n) is 4.36. The molecule has 0 saturated carbocycles. The number of carbonyl (C=O) groups excluding carboxylic acids is 1. The first-order valence-corrected chi connectivity index (χ1v) is 6.56. The van der Waals surface area contributed by atoms with Crippen LogP contribution in [0, 0.1) is 5.41 Å². The Balaban J connectivity index is 2.04. The minimum absolute atomic E-state index is 0.0498. The number of nitrogens with one attached hydrogen (secondary N) is 1. The number of ketones is 1. The molecule has 3 rings (SSSR count). The number of fused-ring (bicyclic) bond motifs is 3. The lowest BCUT2D eigenvalue weighted by Gasteiger charge is -2.26. The molecule has 0 aromatic rings. The van der Waals surface area contributed by atoms with Crippen molar-refractivity contribution < 1.29 is 4.79 Å². The molecule has 96 valence electrons. The first-order valence-electron chi connectivity index (χ1n) is 6.56. The summed E-state index contributed by atoms with van der Waals surface area (Å²) in [4.78, 5) is 18.6. The van der Waals surface area contributed by atoms with Crippen molar-refractivity contribution in [3.05, 3.63) is 23.4 Å². The van der Waals surface area contributed by atoms with Crippen LogP contribution >= 0.6 is 0 Å². The van der Waals surface area contributed by atoms with Crippen LogP contribution in [0.3, 0.4) is 0 Å². The molecule has 4 nitrogen and oxygen atoms in total. The lowest BCUT2D eigenvalue weighted by molar-refractivity contribution is -0.108. The molecule has 2 heterocycles. The van der Waals surface area contributed by atoms with E-state index in [0.29, 0.717) is 18.4 Å². The Labute approximate surface area is 107 Å². The Bertz CT molecular complexity index is 503. The fraction of sp³-hybridized carbons (Fsp3) is 0.571. The lowest BCUT2D eigenvalue weighted by Crippen LogP contribution is -2.40. The second kappa shape index (κ2) is 3.79. The minimum atomic E-state index is 0.0498. The van der Waals surface area contributed by atoms with Gasteiger partial charge in [-0.05, 0) is 38.1 Å². The molecular weight excluding hydrogens is 226 g/mol. The number of rotatable bonds is 1. The van der Waals surface area contributed by atoms with Crippen LogP contribution in [0.5, 0.6) is 0 Å². The first kappa shape index (κ1) is 11.7. The van der Waals surface area contributed by atoms with E-state index in [2.05, 4.69) is 29.2 Å². The van der Waals surface area contributed by atoms with Crippen LogP contribution in [-0.2, 0) is 4.79 Å². The molecule has 2 aliphatic heterocycles. The lowest BCUT2D eigenvalue weighted by atomic mass is 9.78. The molecule has 1 aliphatic carbocycles. The fourth-order valence-electron chi connectivity index (χ4n) is 3.31. The number of hydrogen-bond donors (Lipinski definition) is 1. The second-order valence-electron chi connectivity index (χ2n) is 5.53. The average Bonchev–Trinajstić information content (AvgIpc) is 2.76. The summed E-state index contributed by atoms with van der Waals surface area (Å²) in [7, 11) is 2.13.